The lowest BCUT2D eigenvalue weighted by molar-refractivity contribution is 0.0954. The molecule has 21 heavy (non-hydrogen) atoms. The Morgan fingerprint density at radius 2 is 2.05 bits per heavy atom. The molecule has 0 atom stereocenters. The molecule has 2 rings (SSSR count). The Hall–Kier alpha value is -2.07. The van der Waals surface area contributed by atoms with E-state index >= 15 is 0 Å². The number of rotatable bonds is 4. The zero-order valence-corrected chi connectivity index (χ0v) is 12.2. The van der Waals surface area contributed by atoms with Crippen LogP contribution in [-0.2, 0) is 6.42 Å². The minimum absolute atomic E-state index is 0.0149. The molecule has 2 aromatic rings. The number of hydrogen-bond acceptors (Lipinski definition) is 2. The van der Waals surface area contributed by atoms with Crippen LogP contribution in [0.3, 0.4) is 0 Å². The Morgan fingerprint density at radius 3 is 2.76 bits per heavy atom. The second kappa shape index (κ2) is 6.59. The number of amides is 1. The lowest BCUT2D eigenvalue weighted by atomic mass is 10.1. The van der Waals surface area contributed by atoms with Crippen molar-refractivity contribution in [2.75, 3.05) is 6.54 Å². The molecule has 0 fully saturated rings. The van der Waals surface area contributed by atoms with Crippen LogP contribution in [0.1, 0.15) is 21.5 Å². The number of aromatic hydroxyl groups is 1. The molecule has 110 valence electrons. The number of nitrogens with one attached hydrogen (secondary N) is 1. The zero-order valence-electron chi connectivity index (χ0n) is 11.5. The Morgan fingerprint density at radius 1 is 1.29 bits per heavy atom. The molecule has 0 radical (unpaired) electrons. The molecule has 0 bridgehead atoms. The summed E-state index contributed by atoms with van der Waals surface area (Å²) in [6.07, 6.45) is 0.592. The summed E-state index contributed by atoms with van der Waals surface area (Å²) >= 11 is 5.92. The van der Waals surface area contributed by atoms with Crippen molar-refractivity contribution in [2.45, 2.75) is 13.3 Å². The first kappa shape index (κ1) is 15.3. The van der Waals surface area contributed by atoms with Gasteiger partial charge in [0, 0.05) is 6.54 Å². The molecule has 0 unspecified atom stereocenters. The van der Waals surface area contributed by atoms with Crippen LogP contribution < -0.4 is 5.32 Å². The van der Waals surface area contributed by atoms with Gasteiger partial charge in [-0.2, -0.15) is 0 Å². The van der Waals surface area contributed by atoms with E-state index in [0.29, 0.717) is 13.0 Å². The van der Waals surface area contributed by atoms with E-state index in [4.69, 9.17) is 11.6 Å². The third kappa shape index (κ3) is 3.95. The summed E-state index contributed by atoms with van der Waals surface area (Å²) in [5.41, 5.74) is 2.05. The Kier molecular flexibility index (Phi) is 4.81. The van der Waals surface area contributed by atoms with Gasteiger partial charge in [-0.25, -0.2) is 4.39 Å². The second-order valence-electron chi connectivity index (χ2n) is 4.74. The molecule has 0 heterocycles. The Balaban J connectivity index is 1.97. The number of phenolic OH excluding ortho intramolecular Hbond substituents is 1. The van der Waals surface area contributed by atoms with Crippen molar-refractivity contribution >= 4 is 17.5 Å². The maximum absolute atomic E-state index is 13.0. The van der Waals surface area contributed by atoms with E-state index in [-0.39, 0.29) is 28.1 Å². The lowest BCUT2D eigenvalue weighted by Gasteiger charge is -2.09. The molecular weight excluding hydrogens is 293 g/mol. The van der Waals surface area contributed by atoms with Crippen LogP contribution in [0, 0.1) is 12.7 Å². The summed E-state index contributed by atoms with van der Waals surface area (Å²) in [7, 11) is 0. The molecule has 0 aromatic heterocycles. The zero-order chi connectivity index (χ0) is 15.4. The predicted molar refractivity (Wildman–Crippen MR) is 80.3 cm³/mol. The van der Waals surface area contributed by atoms with Crippen molar-refractivity contribution in [2.24, 2.45) is 0 Å². The van der Waals surface area contributed by atoms with Gasteiger partial charge in [0.25, 0.3) is 5.91 Å². The van der Waals surface area contributed by atoms with Crippen LogP contribution in [0.4, 0.5) is 4.39 Å². The van der Waals surface area contributed by atoms with E-state index < -0.39 is 0 Å². The predicted octanol–water partition coefficient (Wildman–Crippen LogP) is 3.47. The number of aryl methyl sites for hydroxylation is 1. The monoisotopic (exact) mass is 307 g/mol. The van der Waals surface area contributed by atoms with Crippen LogP contribution in [-0.4, -0.2) is 17.6 Å². The fourth-order valence-corrected chi connectivity index (χ4v) is 2.24. The van der Waals surface area contributed by atoms with Gasteiger partial charge in [-0.15, -0.1) is 0 Å². The number of phenols is 1. The molecule has 0 saturated heterocycles. The molecule has 2 N–H and O–H groups in total. The molecule has 0 aliphatic carbocycles. The van der Waals surface area contributed by atoms with Gasteiger partial charge >= 0.3 is 0 Å². The minimum Gasteiger partial charge on any atom is -0.508 e. The van der Waals surface area contributed by atoms with Gasteiger partial charge in [-0.05, 0) is 54.8 Å². The number of halogens is 2. The topological polar surface area (TPSA) is 49.3 Å². The molecule has 5 heteroatoms. The van der Waals surface area contributed by atoms with Crippen LogP contribution in [0.15, 0.2) is 36.4 Å². The number of benzene rings is 2. The van der Waals surface area contributed by atoms with Crippen molar-refractivity contribution in [1.29, 1.82) is 0 Å². The van der Waals surface area contributed by atoms with E-state index in [1.807, 2.05) is 6.92 Å². The Bertz CT molecular complexity index is 673. The van der Waals surface area contributed by atoms with Crippen molar-refractivity contribution in [3.63, 3.8) is 0 Å². The molecule has 0 aliphatic rings. The van der Waals surface area contributed by atoms with Crippen LogP contribution in [0.2, 0.25) is 5.02 Å². The lowest BCUT2D eigenvalue weighted by Crippen LogP contribution is -2.26. The van der Waals surface area contributed by atoms with Crippen LogP contribution in [0.25, 0.3) is 0 Å². The summed E-state index contributed by atoms with van der Waals surface area (Å²) < 4.78 is 13.0. The van der Waals surface area contributed by atoms with Gasteiger partial charge < -0.3 is 10.4 Å². The van der Waals surface area contributed by atoms with E-state index in [9.17, 15) is 14.3 Å². The average molecular weight is 308 g/mol. The highest BCUT2D eigenvalue weighted by Crippen LogP contribution is 2.21. The molecular formula is C16H15ClFNO2. The summed E-state index contributed by atoms with van der Waals surface area (Å²) in [6, 6.07) is 8.77. The van der Waals surface area contributed by atoms with Crippen molar-refractivity contribution in [3.05, 3.63) is 63.9 Å². The Labute approximate surface area is 127 Å². The minimum atomic E-state index is -0.351. The maximum Gasteiger partial charge on any atom is 0.252 e. The summed E-state index contributed by atoms with van der Waals surface area (Å²) in [4.78, 5) is 12.0. The first-order valence-electron chi connectivity index (χ1n) is 6.49. The van der Waals surface area contributed by atoms with Crippen LogP contribution >= 0.6 is 11.6 Å². The summed E-state index contributed by atoms with van der Waals surface area (Å²) in [5, 5.41) is 12.4. The van der Waals surface area contributed by atoms with E-state index in [0.717, 1.165) is 11.1 Å². The van der Waals surface area contributed by atoms with Gasteiger partial charge in [0.1, 0.15) is 11.6 Å². The van der Waals surface area contributed by atoms with E-state index in [1.54, 1.807) is 6.07 Å². The largest absolute Gasteiger partial charge is 0.508 e. The van der Waals surface area contributed by atoms with Crippen LogP contribution in [0.5, 0.6) is 5.75 Å². The highest BCUT2D eigenvalue weighted by atomic mass is 35.5. The highest BCUT2D eigenvalue weighted by molar-refractivity contribution is 6.33. The third-order valence-corrected chi connectivity index (χ3v) is 3.51. The smallest absolute Gasteiger partial charge is 0.252 e. The SMILES string of the molecule is Cc1cc(F)ccc1CCNC(=O)c1cc(O)ccc1Cl. The van der Waals surface area contributed by atoms with Crippen molar-refractivity contribution in [3.8, 4) is 5.75 Å². The van der Waals surface area contributed by atoms with Gasteiger partial charge in [0.15, 0.2) is 0 Å². The highest BCUT2D eigenvalue weighted by Gasteiger charge is 2.11. The number of hydrogen-bond donors (Lipinski definition) is 2. The average Bonchev–Trinajstić information content (AvgIpc) is 2.43. The number of carbonyl (C=O) groups excluding carboxylic acids is 1. The van der Waals surface area contributed by atoms with Gasteiger partial charge in [-0.3, -0.25) is 4.79 Å². The normalized spacial score (nSPS) is 10.4. The molecule has 3 nitrogen and oxygen atoms in total. The third-order valence-electron chi connectivity index (χ3n) is 3.18. The molecule has 1 amide bonds. The fraction of sp³-hybridized carbons (Fsp3) is 0.188. The van der Waals surface area contributed by atoms with E-state index in [2.05, 4.69) is 5.32 Å². The molecule has 2 aromatic carbocycles. The standard InChI is InChI=1S/C16H15ClFNO2/c1-10-8-12(18)3-2-11(10)6-7-19-16(21)14-9-13(20)4-5-15(14)17/h2-5,8-9,20H,6-7H2,1H3,(H,19,21). The van der Waals surface area contributed by atoms with E-state index in [1.165, 1.54) is 30.3 Å². The first-order chi connectivity index (χ1) is 9.97. The molecule has 0 aliphatic heterocycles. The maximum atomic E-state index is 13.0. The number of carbonyl (C=O) groups is 1. The summed E-state index contributed by atoms with van der Waals surface area (Å²) in [6.45, 7) is 2.23. The quantitative estimate of drug-likeness (QED) is 0.908. The van der Waals surface area contributed by atoms with Gasteiger partial charge in [0.05, 0.1) is 10.6 Å². The van der Waals surface area contributed by atoms with Gasteiger partial charge in [0.2, 0.25) is 0 Å². The van der Waals surface area contributed by atoms with Crippen molar-refractivity contribution < 1.29 is 14.3 Å². The fourth-order valence-electron chi connectivity index (χ4n) is 2.03. The van der Waals surface area contributed by atoms with Gasteiger partial charge in [-0.1, -0.05) is 17.7 Å². The first-order valence-corrected chi connectivity index (χ1v) is 6.87. The summed E-state index contributed by atoms with van der Waals surface area (Å²) in [5.74, 6) is -0.638. The molecule has 0 saturated carbocycles. The van der Waals surface area contributed by atoms with Crippen molar-refractivity contribution in [1.82, 2.24) is 5.32 Å². The molecule has 0 spiro atoms. The second-order valence-corrected chi connectivity index (χ2v) is 5.15.